The van der Waals surface area contributed by atoms with Crippen molar-refractivity contribution < 1.29 is 9.18 Å². The number of carbonyl (C=O) groups is 1. The summed E-state index contributed by atoms with van der Waals surface area (Å²) < 4.78 is 14.7. The number of rotatable bonds is 4. The zero-order chi connectivity index (χ0) is 17.6. The van der Waals surface area contributed by atoms with Crippen LogP contribution in [0.4, 0.5) is 4.39 Å². The summed E-state index contributed by atoms with van der Waals surface area (Å²) in [5, 5.41) is 7.59. The largest absolute Gasteiger partial charge is 0.348 e. The minimum atomic E-state index is -0.293. The highest BCUT2D eigenvalue weighted by molar-refractivity contribution is 5.93. The van der Waals surface area contributed by atoms with Crippen LogP contribution >= 0.6 is 0 Å². The Morgan fingerprint density at radius 2 is 2.04 bits per heavy atom. The highest BCUT2D eigenvalue weighted by atomic mass is 19.1. The minimum absolute atomic E-state index is 0.152. The molecule has 2 heterocycles. The van der Waals surface area contributed by atoms with Gasteiger partial charge in [0.25, 0.3) is 5.91 Å². The van der Waals surface area contributed by atoms with Gasteiger partial charge in [-0.1, -0.05) is 0 Å². The Kier molecular flexibility index (Phi) is 3.75. The number of hydrogen-bond acceptors (Lipinski definition) is 3. The summed E-state index contributed by atoms with van der Waals surface area (Å²) in [7, 11) is 0. The van der Waals surface area contributed by atoms with Gasteiger partial charge in [0.15, 0.2) is 11.3 Å². The second-order valence-electron chi connectivity index (χ2n) is 6.70. The molecule has 5 nitrogen and oxygen atoms in total. The maximum Gasteiger partial charge on any atom is 0.271 e. The van der Waals surface area contributed by atoms with Crippen molar-refractivity contribution in [2.75, 3.05) is 0 Å². The molecule has 1 amide bonds. The molecular weight excluding hydrogens is 319 g/mol. The molecule has 1 N–H and O–H groups in total. The van der Waals surface area contributed by atoms with Crippen LogP contribution in [0.1, 0.15) is 35.8 Å². The lowest BCUT2D eigenvalue weighted by atomic mass is 10.1. The van der Waals surface area contributed by atoms with Crippen molar-refractivity contribution in [3.05, 3.63) is 53.6 Å². The Morgan fingerprint density at radius 1 is 1.32 bits per heavy atom. The number of fused-ring (bicyclic) bond motifs is 1. The van der Waals surface area contributed by atoms with Gasteiger partial charge in [-0.15, -0.1) is 0 Å². The van der Waals surface area contributed by atoms with Crippen LogP contribution in [0.2, 0.25) is 0 Å². The highest BCUT2D eigenvalue weighted by Gasteiger charge is 2.29. The molecular formula is C19H19FN4O. The van der Waals surface area contributed by atoms with Gasteiger partial charge in [-0.2, -0.15) is 5.10 Å². The summed E-state index contributed by atoms with van der Waals surface area (Å²) in [5.41, 5.74) is 3.43. The van der Waals surface area contributed by atoms with Gasteiger partial charge in [-0.05, 0) is 68.5 Å². The fraction of sp³-hybridized carbons (Fsp3) is 0.316. The van der Waals surface area contributed by atoms with Crippen molar-refractivity contribution >= 4 is 11.6 Å². The second-order valence-corrected chi connectivity index (χ2v) is 6.70. The molecule has 25 heavy (non-hydrogen) atoms. The monoisotopic (exact) mass is 338 g/mol. The molecule has 1 aliphatic carbocycles. The van der Waals surface area contributed by atoms with Crippen molar-refractivity contribution in [3.63, 3.8) is 0 Å². The molecule has 0 radical (unpaired) electrons. The van der Waals surface area contributed by atoms with E-state index in [1.807, 2.05) is 19.9 Å². The molecule has 1 aromatic carbocycles. The zero-order valence-electron chi connectivity index (χ0n) is 14.2. The van der Waals surface area contributed by atoms with Gasteiger partial charge in [0.05, 0.1) is 11.9 Å². The van der Waals surface area contributed by atoms with Gasteiger partial charge in [0, 0.05) is 11.6 Å². The average Bonchev–Trinajstić information content (AvgIpc) is 3.35. The van der Waals surface area contributed by atoms with Gasteiger partial charge in [-0.3, -0.25) is 4.79 Å². The summed E-state index contributed by atoms with van der Waals surface area (Å²) >= 11 is 0. The third kappa shape index (κ3) is 2.99. The van der Waals surface area contributed by atoms with Gasteiger partial charge >= 0.3 is 0 Å². The van der Waals surface area contributed by atoms with Gasteiger partial charge < -0.3 is 5.32 Å². The first-order valence-electron chi connectivity index (χ1n) is 8.45. The first-order valence-corrected chi connectivity index (χ1v) is 8.45. The van der Waals surface area contributed by atoms with Crippen LogP contribution in [0.25, 0.3) is 16.9 Å². The SMILES string of the molecule is Cc1cc(-c2ccc(F)cc2)nn2c(C(=O)N[C@@H](C)C3CC3)cnc12. The predicted octanol–water partition coefficient (Wildman–Crippen LogP) is 3.37. The maximum atomic E-state index is 13.2. The highest BCUT2D eigenvalue weighted by Crippen LogP contribution is 2.32. The second kappa shape index (κ2) is 5.95. The number of aryl methyl sites for hydroxylation is 1. The molecule has 0 spiro atoms. The lowest BCUT2D eigenvalue weighted by Crippen LogP contribution is -2.34. The van der Waals surface area contributed by atoms with E-state index in [0.29, 0.717) is 23.0 Å². The molecule has 6 heteroatoms. The lowest BCUT2D eigenvalue weighted by Gasteiger charge is -2.12. The normalized spacial score (nSPS) is 15.3. The summed E-state index contributed by atoms with van der Waals surface area (Å²) in [5.74, 6) is 0.112. The van der Waals surface area contributed by atoms with Crippen LogP contribution in [-0.4, -0.2) is 26.5 Å². The first kappa shape index (κ1) is 15.7. The van der Waals surface area contributed by atoms with E-state index in [2.05, 4.69) is 15.4 Å². The van der Waals surface area contributed by atoms with Crippen molar-refractivity contribution in [1.29, 1.82) is 0 Å². The summed E-state index contributed by atoms with van der Waals surface area (Å²) in [6.45, 7) is 3.95. The molecule has 0 unspecified atom stereocenters. The van der Waals surface area contributed by atoms with E-state index in [-0.39, 0.29) is 17.8 Å². The summed E-state index contributed by atoms with van der Waals surface area (Å²) in [6, 6.07) is 8.19. The number of nitrogens with zero attached hydrogens (tertiary/aromatic N) is 3. The molecule has 0 bridgehead atoms. The number of aromatic nitrogens is 3. The number of hydrogen-bond donors (Lipinski definition) is 1. The van der Waals surface area contributed by atoms with Crippen LogP contribution < -0.4 is 5.32 Å². The maximum absolute atomic E-state index is 13.2. The third-order valence-corrected chi connectivity index (χ3v) is 4.71. The van der Waals surface area contributed by atoms with Crippen molar-refractivity contribution in [2.45, 2.75) is 32.7 Å². The fourth-order valence-electron chi connectivity index (χ4n) is 3.03. The summed E-state index contributed by atoms with van der Waals surface area (Å²) in [4.78, 5) is 16.9. The number of halogens is 1. The number of nitrogens with one attached hydrogen (secondary N) is 1. The van der Waals surface area contributed by atoms with Crippen LogP contribution in [0, 0.1) is 18.7 Å². The van der Waals surface area contributed by atoms with E-state index < -0.39 is 0 Å². The molecule has 0 saturated heterocycles. The van der Waals surface area contributed by atoms with Crippen molar-refractivity contribution in [1.82, 2.24) is 19.9 Å². The molecule has 4 rings (SSSR count). The van der Waals surface area contributed by atoms with E-state index in [9.17, 15) is 9.18 Å². The first-order chi connectivity index (χ1) is 12.0. The van der Waals surface area contributed by atoms with Crippen LogP contribution in [-0.2, 0) is 0 Å². The fourth-order valence-corrected chi connectivity index (χ4v) is 3.03. The number of benzene rings is 1. The van der Waals surface area contributed by atoms with Gasteiger partial charge in [0.2, 0.25) is 0 Å². The topological polar surface area (TPSA) is 59.3 Å². The van der Waals surface area contributed by atoms with Crippen molar-refractivity contribution in [2.24, 2.45) is 5.92 Å². The van der Waals surface area contributed by atoms with E-state index in [4.69, 9.17) is 0 Å². The van der Waals surface area contributed by atoms with E-state index in [1.165, 1.54) is 25.0 Å². The molecule has 1 fully saturated rings. The quantitative estimate of drug-likeness (QED) is 0.793. The Bertz CT molecular complexity index is 944. The number of amides is 1. The molecule has 3 aromatic rings. The molecule has 1 aliphatic rings. The standard InChI is InChI=1S/C19H19FN4O/c1-11-9-16(14-5-7-15(20)8-6-14)23-24-17(10-21-18(11)24)19(25)22-12(2)13-3-4-13/h5-10,12-13H,3-4H2,1-2H3,(H,22,25)/t12-/m0/s1. The lowest BCUT2D eigenvalue weighted by molar-refractivity contribution is 0.0928. The van der Waals surface area contributed by atoms with Crippen LogP contribution in [0.15, 0.2) is 36.5 Å². The zero-order valence-corrected chi connectivity index (χ0v) is 14.2. The molecule has 128 valence electrons. The van der Waals surface area contributed by atoms with E-state index in [1.54, 1.807) is 22.8 Å². The Balaban J connectivity index is 1.73. The Hall–Kier alpha value is -2.76. The number of carbonyl (C=O) groups excluding carboxylic acids is 1. The van der Waals surface area contributed by atoms with Crippen LogP contribution in [0.5, 0.6) is 0 Å². The number of imidazole rings is 1. The van der Waals surface area contributed by atoms with Gasteiger partial charge in [-0.25, -0.2) is 13.9 Å². The van der Waals surface area contributed by atoms with Crippen molar-refractivity contribution in [3.8, 4) is 11.3 Å². The minimum Gasteiger partial charge on any atom is -0.348 e. The molecule has 2 aromatic heterocycles. The van der Waals surface area contributed by atoms with Gasteiger partial charge in [0.1, 0.15) is 5.82 Å². The molecule has 1 saturated carbocycles. The Labute approximate surface area is 144 Å². The van der Waals surface area contributed by atoms with Crippen LogP contribution in [0.3, 0.4) is 0 Å². The predicted molar refractivity (Wildman–Crippen MR) is 92.8 cm³/mol. The summed E-state index contributed by atoms with van der Waals surface area (Å²) in [6.07, 6.45) is 3.89. The molecule has 1 atom stereocenters. The van der Waals surface area contributed by atoms with E-state index in [0.717, 1.165) is 11.1 Å². The smallest absolute Gasteiger partial charge is 0.271 e. The Morgan fingerprint density at radius 3 is 2.72 bits per heavy atom. The molecule has 0 aliphatic heterocycles. The van der Waals surface area contributed by atoms with E-state index >= 15 is 0 Å². The third-order valence-electron chi connectivity index (χ3n) is 4.71. The average molecular weight is 338 g/mol.